The molecule has 0 radical (unpaired) electrons. The molecule has 6 nitrogen and oxygen atoms in total. The molecule has 3 aromatic rings. The van der Waals surface area contributed by atoms with Crippen LogP contribution in [0.4, 0.5) is 5.69 Å². The lowest BCUT2D eigenvalue weighted by molar-refractivity contribution is -0.127. The van der Waals surface area contributed by atoms with Gasteiger partial charge in [0.1, 0.15) is 11.3 Å². The maximum Gasteiger partial charge on any atom is 0.231 e. The van der Waals surface area contributed by atoms with Gasteiger partial charge >= 0.3 is 0 Å². The van der Waals surface area contributed by atoms with Crippen LogP contribution in [-0.2, 0) is 4.79 Å². The molecule has 3 N–H and O–H groups in total. The lowest BCUT2D eigenvalue weighted by Gasteiger charge is -2.56. The number of carbonyl (C=O) groups is 1. The molecule has 176 valence electrons. The number of nitrogens with zero attached hydrogens (tertiary/aromatic N) is 1. The molecule has 0 aliphatic heterocycles. The maximum atomic E-state index is 12.9. The zero-order chi connectivity index (χ0) is 23.4. The third-order valence-electron chi connectivity index (χ3n) is 7.79. The Morgan fingerprint density at radius 3 is 2.53 bits per heavy atom. The second-order valence-corrected chi connectivity index (χ2v) is 11.3. The summed E-state index contributed by atoms with van der Waals surface area (Å²) in [5, 5.41) is 17.1. The third-order valence-corrected chi connectivity index (χ3v) is 8.23. The number of phenols is 1. The quantitative estimate of drug-likeness (QED) is 0.292. The molecule has 0 unspecified atom stereocenters. The first-order valence-corrected chi connectivity index (χ1v) is 12.6. The highest BCUT2D eigenvalue weighted by molar-refractivity contribution is 7.80. The van der Waals surface area contributed by atoms with E-state index < -0.39 is 0 Å². The Morgan fingerprint density at radius 2 is 1.82 bits per heavy atom. The van der Waals surface area contributed by atoms with Crippen molar-refractivity contribution >= 4 is 51.6 Å². The molecule has 4 fully saturated rings. The average Bonchev–Trinajstić information content (AvgIpc) is 3.16. The van der Waals surface area contributed by atoms with Crippen LogP contribution in [0.25, 0.3) is 22.6 Å². The predicted octanol–water partition coefficient (Wildman–Crippen LogP) is 6.27. The van der Waals surface area contributed by atoms with Crippen LogP contribution in [0.5, 0.6) is 5.75 Å². The van der Waals surface area contributed by atoms with Gasteiger partial charge in [0.15, 0.2) is 10.7 Å². The van der Waals surface area contributed by atoms with E-state index in [0.717, 1.165) is 17.8 Å². The van der Waals surface area contributed by atoms with E-state index in [1.807, 2.05) is 0 Å². The van der Waals surface area contributed by atoms with Gasteiger partial charge in [0, 0.05) is 17.1 Å². The molecular weight excluding hydrogens is 470 g/mol. The van der Waals surface area contributed by atoms with Crippen LogP contribution in [0.3, 0.4) is 0 Å². The van der Waals surface area contributed by atoms with Crippen LogP contribution >= 0.6 is 23.8 Å². The van der Waals surface area contributed by atoms with Gasteiger partial charge in [0.2, 0.25) is 11.8 Å². The number of halogens is 1. The molecule has 4 saturated carbocycles. The molecule has 8 heteroatoms. The fraction of sp³-hybridized carbons (Fsp3) is 0.423. The Hall–Kier alpha value is -2.64. The van der Waals surface area contributed by atoms with Crippen LogP contribution in [0.15, 0.2) is 40.8 Å². The first kappa shape index (κ1) is 21.9. The molecule has 1 amide bonds. The number of amides is 1. The smallest absolute Gasteiger partial charge is 0.231 e. The summed E-state index contributed by atoms with van der Waals surface area (Å²) >= 11 is 11.5. The number of benzene rings is 2. The normalized spacial score (nSPS) is 27.1. The second kappa shape index (κ2) is 8.24. The van der Waals surface area contributed by atoms with E-state index in [1.165, 1.54) is 38.5 Å². The number of aromatic nitrogens is 1. The van der Waals surface area contributed by atoms with Gasteiger partial charge in [-0.15, -0.1) is 0 Å². The average molecular weight is 496 g/mol. The number of hydrogen-bond acceptors (Lipinski definition) is 5. The Balaban J connectivity index is 1.13. The van der Waals surface area contributed by atoms with Gasteiger partial charge in [-0.1, -0.05) is 11.6 Å². The number of thiocarbonyl (C=S) groups is 1. The van der Waals surface area contributed by atoms with E-state index in [4.69, 9.17) is 28.2 Å². The van der Waals surface area contributed by atoms with Gasteiger partial charge in [-0.3, -0.25) is 4.79 Å². The van der Waals surface area contributed by atoms with Gasteiger partial charge in [-0.05, 0) is 110 Å². The summed E-state index contributed by atoms with van der Waals surface area (Å²) in [5.41, 5.74) is 2.38. The van der Waals surface area contributed by atoms with E-state index in [0.29, 0.717) is 33.8 Å². The SMILES string of the molecule is O=C(CC12CC3CC(CC(C3)C1)C2)NC(=S)Nc1ccc(O)c(-c2nc3cc(Cl)ccc3o2)c1. The number of carbonyl (C=O) groups excluding carboxylic acids is 1. The predicted molar refractivity (Wildman–Crippen MR) is 136 cm³/mol. The summed E-state index contributed by atoms with van der Waals surface area (Å²) in [6, 6.07) is 10.1. The van der Waals surface area contributed by atoms with Crippen molar-refractivity contribution in [1.82, 2.24) is 10.3 Å². The van der Waals surface area contributed by atoms with Crippen LogP contribution < -0.4 is 10.6 Å². The lowest BCUT2D eigenvalue weighted by atomic mass is 9.49. The molecule has 1 heterocycles. The van der Waals surface area contributed by atoms with Crippen molar-refractivity contribution in [2.45, 2.75) is 44.9 Å². The van der Waals surface area contributed by atoms with Crippen molar-refractivity contribution in [1.29, 1.82) is 0 Å². The zero-order valence-electron chi connectivity index (χ0n) is 18.6. The number of nitrogens with one attached hydrogen (secondary N) is 2. The maximum absolute atomic E-state index is 12.9. The zero-order valence-corrected chi connectivity index (χ0v) is 20.2. The van der Waals surface area contributed by atoms with Gasteiger partial charge < -0.3 is 20.2 Å². The Morgan fingerprint density at radius 1 is 1.12 bits per heavy atom. The molecule has 1 aromatic heterocycles. The summed E-state index contributed by atoms with van der Waals surface area (Å²) in [7, 11) is 0. The summed E-state index contributed by atoms with van der Waals surface area (Å²) in [4.78, 5) is 17.3. The Bertz CT molecular complexity index is 1270. The number of hydrogen-bond donors (Lipinski definition) is 3. The minimum atomic E-state index is -0.0192. The van der Waals surface area contributed by atoms with Crippen molar-refractivity contribution in [3.63, 3.8) is 0 Å². The van der Waals surface area contributed by atoms with Crippen LogP contribution in [0, 0.1) is 23.2 Å². The highest BCUT2D eigenvalue weighted by Gasteiger charge is 2.51. The highest BCUT2D eigenvalue weighted by Crippen LogP contribution is 2.61. The molecule has 7 rings (SSSR count). The third kappa shape index (κ3) is 4.16. The van der Waals surface area contributed by atoms with Gasteiger partial charge in [-0.25, -0.2) is 4.98 Å². The van der Waals surface area contributed by atoms with E-state index >= 15 is 0 Å². The number of aromatic hydroxyl groups is 1. The first-order chi connectivity index (χ1) is 16.3. The fourth-order valence-corrected chi connectivity index (χ4v) is 7.38. The summed E-state index contributed by atoms with van der Waals surface area (Å²) in [6.45, 7) is 0. The van der Waals surface area contributed by atoms with Gasteiger partial charge in [0.05, 0.1) is 5.56 Å². The van der Waals surface area contributed by atoms with Gasteiger partial charge in [-0.2, -0.15) is 0 Å². The second-order valence-electron chi connectivity index (χ2n) is 10.5. The van der Waals surface area contributed by atoms with Crippen molar-refractivity contribution in [3.8, 4) is 17.2 Å². The molecule has 4 bridgehead atoms. The van der Waals surface area contributed by atoms with E-state index in [-0.39, 0.29) is 28.1 Å². The molecule has 0 atom stereocenters. The summed E-state index contributed by atoms with van der Waals surface area (Å²) in [6.07, 6.45) is 8.17. The van der Waals surface area contributed by atoms with Crippen LogP contribution in [0.2, 0.25) is 5.02 Å². The summed E-state index contributed by atoms with van der Waals surface area (Å²) in [5.74, 6) is 2.71. The number of phenolic OH excluding ortho intramolecular Hbond substituents is 1. The van der Waals surface area contributed by atoms with Crippen molar-refractivity contribution in [2.75, 3.05) is 5.32 Å². The number of rotatable bonds is 4. The molecule has 0 spiro atoms. The molecule has 4 aliphatic rings. The van der Waals surface area contributed by atoms with Crippen molar-refractivity contribution in [2.24, 2.45) is 23.2 Å². The van der Waals surface area contributed by atoms with Crippen molar-refractivity contribution in [3.05, 3.63) is 41.4 Å². The first-order valence-electron chi connectivity index (χ1n) is 11.8. The van der Waals surface area contributed by atoms with E-state index in [9.17, 15) is 9.90 Å². The van der Waals surface area contributed by atoms with Crippen molar-refractivity contribution < 1.29 is 14.3 Å². The van der Waals surface area contributed by atoms with Gasteiger partial charge in [0.25, 0.3) is 0 Å². The van der Waals surface area contributed by atoms with E-state index in [1.54, 1.807) is 36.4 Å². The number of fused-ring (bicyclic) bond motifs is 1. The Labute approximate surface area is 208 Å². The minimum absolute atomic E-state index is 0.0192. The summed E-state index contributed by atoms with van der Waals surface area (Å²) < 4.78 is 5.79. The molecule has 34 heavy (non-hydrogen) atoms. The Kier molecular flexibility index (Phi) is 5.30. The highest BCUT2D eigenvalue weighted by atomic mass is 35.5. The minimum Gasteiger partial charge on any atom is -0.507 e. The standard InChI is InChI=1S/C26H26ClN3O3S/c27-17-1-4-22-20(8-17)29-24(33-22)19-9-18(2-3-21(19)31)28-25(34)30-23(32)13-26-10-14-5-15(11-26)7-16(6-14)12-26/h1-4,8-9,14-16,31H,5-7,10-13H2,(H2,28,30,32,34). The monoisotopic (exact) mass is 495 g/mol. The van der Waals surface area contributed by atoms with Crippen LogP contribution in [0.1, 0.15) is 44.9 Å². The number of oxazole rings is 1. The topological polar surface area (TPSA) is 87.4 Å². The fourth-order valence-electron chi connectivity index (χ4n) is 6.98. The lowest BCUT2D eigenvalue weighted by Crippen LogP contribution is -2.48. The molecule has 4 aliphatic carbocycles. The molecule has 2 aromatic carbocycles. The number of anilines is 1. The van der Waals surface area contributed by atoms with E-state index in [2.05, 4.69) is 15.6 Å². The van der Waals surface area contributed by atoms with Crippen LogP contribution in [-0.4, -0.2) is 21.1 Å². The molecular formula is C26H26ClN3O3S. The largest absolute Gasteiger partial charge is 0.507 e. The molecule has 0 saturated heterocycles.